The van der Waals surface area contributed by atoms with Crippen molar-refractivity contribution in [3.63, 3.8) is 0 Å². The van der Waals surface area contributed by atoms with Gasteiger partial charge in [-0.2, -0.15) is 13.2 Å². The summed E-state index contributed by atoms with van der Waals surface area (Å²) in [5, 5.41) is 0. The van der Waals surface area contributed by atoms with Gasteiger partial charge in [-0.3, -0.25) is 14.5 Å². The number of rotatable bonds is 6. The molecule has 6 nitrogen and oxygen atoms in total. The molecule has 216 valence electrons. The third kappa shape index (κ3) is 4.11. The van der Waals surface area contributed by atoms with Gasteiger partial charge in [-0.05, 0) is 61.1 Å². The van der Waals surface area contributed by atoms with Crippen LogP contribution in [0, 0.1) is 0 Å². The number of nitrogens with zero attached hydrogens (tertiary/aromatic N) is 2. The number of hydrogen-bond acceptors (Lipinski definition) is 5. The van der Waals surface area contributed by atoms with E-state index in [-0.39, 0.29) is 24.0 Å². The molecule has 0 aromatic heterocycles. The van der Waals surface area contributed by atoms with Crippen LogP contribution in [0.25, 0.3) is 6.08 Å². The molecule has 6 rings (SSSR count). The number of hydrogen-bond donors (Lipinski definition) is 0. The van der Waals surface area contributed by atoms with Crippen molar-refractivity contribution in [3.8, 4) is 5.75 Å². The predicted octanol–water partition coefficient (Wildman–Crippen LogP) is 5.16. The smallest absolute Gasteiger partial charge is 0.416 e. The Bertz CT molecular complexity index is 1420. The number of likely N-dealkylation sites (tertiary alicyclic amines) is 1. The summed E-state index contributed by atoms with van der Waals surface area (Å²) in [5.41, 5.74) is 0.628. The Hall–Kier alpha value is -3.59. The van der Waals surface area contributed by atoms with Gasteiger partial charge < -0.3 is 14.4 Å². The molecule has 2 aromatic carbocycles. The standard InChI is InChI=1S/C32H33F3N2O4/c1-4-17-37-18-16-30-28-22-6-5-7-25(28)40-29(30)24(14-15-31(30,26(37)19-22)41-20(2)38)36(3)27(39)13-10-21-8-11-23(12-9-21)32(33,34)35/h4-13,24,26,29H,1,14-19H2,2-3H3/t24-,26+,29-,30-,31+/m0/s1. The maximum atomic E-state index is 13.4. The molecule has 2 aliphatic carbocycles. The topological polar surface area (TPSA) is 59.1 Å². The molecule has 4 aliphatic rings. The average Bonchev–Trinajstić information content (AvgIpc) is 3.27. The van der Waals surface area contributed by atoms with Crippen molar-refractivity contribution in [2.24, 2.45) is 0 Å². The van der Waals surface area contributed by atoms with E-state index in [1.165, 1.54) is 36.8 Å². The van der Waals surface area contributed by atoms with E-state index >= 15 is 0 Å². The monoisotopic (exact) mass is 566 g/mol. The predicted molar refractivity (Wildman–Crippen MR) is 147 cm³/mol. The molecule has 41 heavy (non-hydrogen) atoms. The molecule has 2 heterocycles. The maximum absolute atomic E-state index is 13.4. The van der Waals surface area contributed by atoms with E-state index < -0.39 is 28.9 Å². The summed E-state index contributed by atoms with van der Waals surface area (Å²) in [4.78, 5) is 30.1. The lowest BCUT2D eigenvalue weighted by Crippen LogP contribution is -2.79. The van der Waals surface area contributed by atoms with Crippen LogP contribution in [-0.4, -0.2) is 65.6 Å². The molecule has 9 heteroatoms. The molecule has 1 spiro atoms. The Morgan fingerprint density at radius 2 is 1.95 bits per heavy atom. The zero-order valence-corrected chi connectivity index (χ0v) is 23.1. The van der Waals surface area contributed by atoms with E-state index in [4.69, 9.17) is 9.47 Å². The van der Waals surface area contributed by atoms with E-state index in [0.717, 1.165) is 36.4 Å². The summed E-state index contributed by atoms with van der Waals surface area (Å²) in [6, 6.07) is 10.4. The molecule has 1 saturated carbocycles. The number of likely N-dealkylation sites (N-methyl/N-ethyl adjacent to an activating group) is 1. The van der Waals surface area contributed by atoms with Gasteiger partial charge in [0.25, 0.3) is 0 Å². The molecule has 0 radical (unpaired) electrons. The minimum absolute atomic E-state index is 0.0494. The maximum Gasteiger partial charge on any atom is 0.416 e. The van der Waals surface area contributed by atoms with Crippen molar-refractivity contribution < 1.29 is 32.2 Å². The van der Waals surface area contributed by atoms with Crippen LogP contribution in [-0.2, 0) is 32.3 Å². The van der Waals surface area contributed by atoms with E-state index in [2.05, 4.69) is 17.5 Å². The second kappa shape index (κ2) is 9.76. The Kier molecular flexibility index (Phi) is 6.56. The number of halogens is 3. The van der Waals surface area contributed by atoms with Gasteiger partial charge in [-0.1, -0.05) is 30.3 Å². The fourth-order valence-corrected chi connectivity index (χ4v) is 8.02. The molecular formula is C32H33F3N2O4. The van der Waals surface area contributed by atoms with Crippen LogP contribution < -0.4 is 4.74 Å². The third-order valence-electron chi connectivity index (χ3n) is 9.59. The second-order valence-corrected chi connectivity index (χ2v) is 11.5. The van der Waals surface area contributed by atoms with Crippen LogP contribution in [0.1, 0.15) is 48.4 Å². The largest absolute Gasteiger partial charge is 0.487 e. The van der Waals surface area contributed by atoms with E-state index in [9.17, 15) is 22.8 Å². The highest BCUT2D eigenvalue weighted by molar-refractivity contribution is 5.92. The first-order valence-corrected chi connectivity index (χ1v) is 14.0. The van der Waals surface area contributed by atoms with Crippen LogP contribution in [0.5, 0.6) is 5.75 Å². The summed E-state index contributed by atoms with van der Waals surface area (Å²) in [5.74, 6) is 0.180. The first-order valence-electron chi connectivity index (χ1n) is 14.0. The zero-order valence-electron chi connectivity index (χ0n) is 23.1. The number of esters is 1. The molecule has 0 unspecified atom stereocenters. The molecule has 5 atom stereocenters. The summed E-state index contributed by atoms with van der Waals surface area (Å²) in [6.45, 7) is 6.87. The number of amides is 1. The fraction of sp³-hybridized carbons (Fsp3) is 0.438. The zero-order chi connectivity index (χ0) is 29.2. The van der Waals surface area contributed by atoms with Gasteiger partial charge >= 0.3 is 12.1 Å². The van der Waals surface area contributed by atoms with E-state index in [0.29, 0.717) is 31.4 Å². The number of piperidine rings is 1. The molecule has 1 amide bonds. The van der Waals surface area contributed by atoms with Gasteiger partial charge in [-0.25, -0.2) is 0 Å². The van der Waals surface area contributed by atoms with Gasteiger partial charge in [0.15, 0.2) is 0 Å². The molecule has 2 aliphatic heterocycles. The number of carbonyl (C=O) groups is 2. The summed E-state index contributed by atoms with van der Waals surface area (Å²) < 4.78 is 51.9. The van der Waals surface area contributed by atoms with Crippen LogP contribution in [0.4, 0.5) is 13.2 Å². The minimum atomic E-state index is -4.42. The second-order valence-electron chi connectivity index (χ2n) is 11.5. The molecule has 2 aromatic rings. The van der Waals surface area contributed by atoms with Crippen molar-refractivity contribution in [2.45, 2.75) is 68.0 Å². The number of benzene rings is 2. The number of ether oxygens (including phenoxy) is 2. The van der Waals surface area contributed by atoms with Crippen molar-refractivity contribution in [3.05, 3.63) is 83.4 Å². The normalized spacial score (nSPS) is 29.9. The molecule has 1 saturated heterocycles. The van der Waals surface area contributed by atoms with E-state index in [1.807, 2.05) is 18.2 Å². The Morgan fingerprint density at radius 3 is 2.63 bits per heavy atom. The minimum Gasteiger partial charge on any atom is -0.487 e. The molecule has 0 N–H and O–H groups in total. The van der Waals surface area contributed by atoms with Crippen LogP contribution in [0.3, 0.4) is 0 Å². The highest BCUT2D eigenvalue weighted by Crippen LogP contribution is 2.65. The highest BCUT2D eigenvalue weighted by atomic mass is 19.4. The fourth-order valence-electron chi connectivity index (χ4n) is 8.02. The van der Waals surface area contributed by atoms with Crippen molar-refractivity contribution in [2.75, 3.05) is 20.1 Å². The van der Waals surface area contributed by atoms with Gasteiger partial charge in [-0.15, -0.1) is 6.58 Å². The Balaban J connectivity index is 1.34. The van der Waals surface area contributed by atoms with Crippen LogP contribution in [0.15, 0.2) is 61.2 Å². The van der Waals surface area contributed by atoms with Gasteiger partial charge in [0.1, 0.15) is 17.5 Å². The summed E-state index contributed by atoms with van der Waals surface area (Å²) >= 11 is 0. The Morgan fingerprint density at radius 1 is 1.20 bits per heavy atom. The Labute approximate surface area is 237 Å². The van der Waals surface area contributed by atoms with E-state index in [1.54, 1.807) is 11.9 Å². The lowest BCUT2D eigenvalue weighted by Gasteiger charge is -2.65. The quantitative estimate of drug-likeness (QED) is 0.275. The third-order valence-corrected chi connectivity index (χ3v) is 9.59. The first kappa shape index (κ1) is 27.6. The summed E-state index contributed by atoms with van der Waals surface area (Å²) in [6.07, 6.45) is 2.54. The van der Waals surface area contributed by atoms with Crippen LogP contribution in [0.2, 0.25) is 0 Å². The highest BCUT2D eigenvalue weighted by Gasteiger charge is 2.75. The van der Waals surface area contributed by atoms with Crippen molar-refractivity contribution >= 4 is 18.0 Å². The summed E-state index contributed by atoms with van der Waals surface area (Å²) in [7, 11) is 1.74. The van der Waals surface area contributed by atoms with Crippen molar-refractivity contribution in [1.82, 2.24) is 9.80 Å². The lowest BCUT2D eigenvalue weighted by molar-refractivity contribution is -0.222. The van der Waals surface area contributed by atoms with Gasteiger partial charge in [0.2, 0.25) is 5.91 Å². The van der Waals surface area contributed by atoms with Gasteiger partial charge in [0.05, 0.1) is 23.1 Å². The van der Waals surface area contributed by atoms with Crippen LogP contribution >= 0.6 is 0 Å². The first-order chi connectivity index (χ1) is 19.5. The molecular weight excluding hydrogens is 533 g/mol. The average molecular weight is 567 g/mol. The van der Waals surface area contributed by atoms with Crippen molar-refractivity contribution in [1.29, 1.82) is 0 Å². The lowest BCUT2D eigenvalue weighted by atomic mass is 9.48. The molecule has 2 fully saturated rings. The van der Waals surface area contributed by atoms with Gasteiger partial charge in [0, 0.05) is 38.7 Å². The number of carbonyl (C=O) groups excluding carboxylic acids is 2. The number of alkyl halides is 3. The molecule has 2 bridgehead atoms. The SMILES string of the molecule is C=CCN1CC[C@]23c4c5cccc4O[C@H]2[C@@H](N(C)C(=O)C=Cc2ccc(C(F)(F)F)cc2)CC[C@@]3(OC(C)=O)[C@H]1C5.